The molecule has 0 aliphatic rings. The Morgan fingerprint density at radius 3 is 2.49 bits per heavy atom. The standard InChI is InChI=1S/C26H33N3O5S/c1-20(2)17-29-23(18-28(13-14-33-3)25(30)22-10-6-5-7-11-22)16-27-26(29)35(31,32)19-21-9-8-12-24(15-21)34-4/h5-12,15-16,20H,13-14,17-19H2,1-4H3. The molecule has 1 amide bonds. The minimum atomic E-state index is -3.75. The predicted octanol–water partition coefficient (Wildman–Crippen LogP) is 3.81. The summed E-state index contributed by atoms with van der Waals surface area (Å²) in [4.78, 5) is 19.2. The summed E-state index contributed by atoms with van der Waals surface area (Å²) in [5.41, 5.74) is 1.83. The second-order valence-corrected chi connectivity index (χ2v) is 10.6. The van der Waals surface area contributed by atoms with Gasteiger partial charge in [0, 0.05) is 25.8 Å². The molecule has 3 aromatic rings. The van der Waals surface area contributed by atoms with Gasteiger partial charge in [0.1, 0.15) is 5.75 Å². The molecule has 0 aliphatic heterocycles. The number of methoxy groups -OCH3 is 2. The van der Waals surface area contributed by atoms with E-state index >= 15 is 0 Å². The monoisotopic (exact) mass is 499 g/mol. The molecule has 3 rings (SSSR count). The summed E-state index contributed by atoms with van der Waals surface area (Å²) in [7, 11) is -0.627. The zero-order chi connectivity index (χ0) is 25.4. The Kier molecular flexibility index (Phi) is 9.06. The highest BCUT2D eigenvalue weighted by Crippen LogP contribution is 2.22. The van der Waals surface area contributed by atoms with Crippen LogP contribution in [0, 0.1) is 5.92 Å². The molecular weight excluding hydrogens is 466 g/mol. The largest absolute Gasteiger partial charge is 0.497 e. The number of imidazole rings is 1. The second-order valence-electron chi connectivity index (χ2n) is 8.73. The molecule has 1 aromatic heterocycles. The molecule has 0 fully saturated rings. The second kappa shape index (κ2) is 12.0. The number of nitrogens with zero attached hydrogens (tertiary/aromatic N) is 3. The van der Waals surface area contributed by atoms with E-state index in [1.54, 1.807) is 66.3 Å². The Hall–Kier alpha value is -3.17. The first-order valence-corrected chi connectivity index (χ1v) is 13.1. The molecule has 35 heavy (non-hydrogen) atoms. The Morgan fingerprint density at radius 1 is 1.09 bits per heavy atom. The first-order valence-electron chi connectivity index (χ1n) is 11.5. The molecule has 0 N–H and O–H groups in total. The van der Waals surface area contributed by atoms with Crippen LogP contribution < -0.4 is 4.74 Å². The van der Waals surface area contributed by atoms with Gasteiger partial charge in [0.15, 0.2) is 0 Å². The zero-order valence-electron chi connectivity index (χ0n) is 20.7. The number of carbonyl (C=O) groups excluding carboxylic acids is 1. The van der Waals surface area contributed by atoms with Crippen LogP contribution in [0.15, 0.2) is 66.0 Å². The number of rotatable bonds is 12. The van der Waals surface area contributed by atoms with Crippen molar-refractivity contribution in [2.75, 3.05) is 27.4 Å². The minimum Gasteiger partial charge on any atom is -0.497 e. The molecular formula is C26H33N3O5S. The fraction of sp³-hybridized carbons (Fsp3) is 0.385. The van der Waals surface area contributed by atoms with E-state index in [0.29, 0.717) is 42.3 Å². The predicted molar refractivity (Wildman–Crippen MR) is 134 cm³/mol. The molecule has 9 heteroatoms. The molecule has 8 nitrogen and oxygen atoms in total. The molecule has 0 saturated carbocycles. The maximum absolute atomic E-state index is 13.4. The topological polar surface area (TPSA) is 90.7 Å². The van der Waals surface area contributed by atoms with Crippen LogP contribution in [-0.2, 0) is 33.4 Å². The number of amides is 1. The van der Waals surface area contributed by atoms with Crippen LogP contribution in [0.2, 0.25) is 0 Å². The van der Waals surface area contributed by atoms with Crippen LogP contribution in [0.3, 0.4) is 0 Å². The first-order chi connectivity index (χ1) is 16.7. The Balaban J connectivity index is 1.94. The zero-order valence-corrected chi connectivity index (χ0v) is 21.5. The van der Waals surface area contributed by atoms with Crippen molar-refractivity contribution in [1.29, 1.82) is 0 Å². The van der Waals surface area contributed by atoms with Gasteiger partial charge in [-0.15, -0.1) is 0 Å². The van der Waals surface area contributed by atoms with Crippen molar-refractivity contribution in [2.45, 2.75) is 37.8 Å². The summed E-state index contributed by atoms with van der Waals surface area (Å²) in [6.45, 7) is 5.42. The molecule has 0 aliphatic carbocycles. The van der Waals surface area contributed by atoms with E-state index in [1.165, 1.54) is 0 Å². The van der Waals surface area contributed by atoms with Gasteiger partial charge in [0.25, 0.3) is 5.91 Å². The molecule has 0 radical (unpaired) electrons. The van der Waals surface area contributed by atoms with E-state index in [9.17, 15) is 13.2 Å². The highest BCUT2D eigenvalue weighted by Gasteiger charge is 2.26. The van der Waals surface area contributed by atoms with E-state index in [2.05, 4.69) is 4.98 Å². The SMILES string of the molecule is COCCN(Cc1cnc(S(=O)(=O)Cc2cccc(OC)c2)n1CC(C)C)C(=O)c1ccccc1. The summed E-state index contributed by atoms with van der Waals surface area (Å²) in [5.74, 6) is 0.415. The first kappa shape index (κ1) is 26.4. The fourth-order valence-corrected chi connectivity index (χ4v) is 5.27. The van der Waals surface area contributed by atoms with Gasteiger partial charge in [-0.25, -0.2) is 13.4 Å². The molecule has 0 bridgehead atoms. The Bertz CT molecular complexity index is 1220. The molecule has 188 valence electrons. The van der Waals surface area contributed by atoms with Gasteiger partial charge < -0.3 is 18.9 Å². The van der Waals surface area contributed by atoms with Gasteiger partial charge in [-0.05, 0) is 35.7 Å². The number of carbonyl (C=O) groups is 1. The van der Waals surface area contributed by atoms with E-state index in [4.69, 9.17) is 9.47 Å². The highest BCUT2D eigenvalue weighted by atomic mass is 32.2. The van der Waals surface area contributed by atoms with Crippen molar-refractivity contribution in [3.8, 4) is 5.75 Å². The summed E-state index contributed by atoms with van der Waals surface area (Å²) in [6, 6.07) is 16.0. The van der Waals surface area contributed by atoms with Crippen molar-refractivity contribution in [3.63, 3.8) is 0 Å². The number of benzene rings is 2. The lowest BCUT2D eigenvalue weighted by Crippen LogP contribution is -2.34. The average molecular weight is 500 g/mol. The van der Waals surface area contributed by atoms with Crippen LogP contribution in [0.4, 0.5) is 0 Å². The van der Waals surface area contributed by atoms with Crippen LogP contribution in [-0.4, -0.2) is 56.1 Å². The number of sulfone groups is 1. The van der Waals surface area contributed by atoms with Crippen molar-refractivity contribution < 1.29 is 22.7 Å². The van der Waals surface area contributed by atoms with Gasteiger partial charge in [0.05, 0.1) is 37.9 Å². The molecule has 0 spiro atoms. The van der Waals surface area contributed by atoms with Crippen molar-refractivity contribution >= 4 is 15.7 Å². The lowest BCUT2D eigenvalue weighted by molar-refractivity contribution is 0.0675. The van der Waals surface area contributed by atoms with Crippen LogP contribution in [0.25, 0.3) is 0 Å². The van der Waals surface area contributed by atoms with E-state index in [-0.39, 0.29) is 29.3 Å². The highest BCUT2D eigenvalue weighted by molar-refractivity contribution is 7.90. The van der Waals surface area contributed by atoms with Crippen LogP contribution in [0.1, 0.15) is 35.5 Å². The summed E-state index contributed by atoms with van der Waals surface area (Å²) in [6.07, 6.45) is 1.55. The van der Waals surface area contributed by atoms with Gasteiger partial charge >= 0.3 is 0 Å². The van der Waals surface area contributed by atoms with Crippen molar-refractivity contribution in [3.05, 3.63) is 77.6 Å². The Morgan fingerprint density at radius 2 is 1.83 bits per heavy atom. The van der Waals surface area contributed by atoms with Gasteiger partial charge in [0.2, 0.25) is 15.0 Å². The maximum atomic E-state index is 13.4. The van der Waals surface area contributed by atoms with E-state index < -0.39 is 9.84 Å². The minimum absolute atomic E-state index is 0.00266. The lowest BCUT2D eigenvalue weighted by atomic mass is 10.2. The molecule has 2 aromatic carbocycles. The van der Waals surface area contributed by atoms with Crippen LogP contribution in [0.5, 0.6) is 5.75 Å². The normalized spacial score (nSPS) is 11.6. The molecule has 0 unspecified atom stereocenters. The third-order valence-corrected chi connectivity index (χ3v) is 7.04. The molecule has 0 atom stereocenters. The number of hydrogen-bond acceptors (Lipinski definition) is 6. The number of ether oxygens (including phenoxy) is 2. The average Bonchev–Trinajstić information content (AvgIpc) is 3.24. The van der Waals surface area contributed by atoms with Gasteiger partial charge in [-0.3, -0.25) is 4.79 Å². The lowest BCUT2D eigenvalue weighted by Gasteiger charge is -2.24. The van der Waals surface area contributed by atoms with E-state index in [1.807, 2.05) is 32.0 Å². The van der Waals surface area contributed by atoms with Gasteiger partial charge in [-0.1, -0.05) is 44.2 Å². The number of hydrogen-bond donors (Lipinski definition) is 0. The van der Waals surface area contributed by atoms with Crippen molar-refractivity contribution in [2.24, 2.45) is 5.92 Å². The molecule has 0 saturated heterocycles. The summed E-state index contributed by atoms with van der Waals surface area (Å²) in [5, 5.41) is 0.00266. The third-order valence-electron chi connectivity index (χ3n) is 5.44. The Labute approximate surface area is 207 Å². The van der Waals surface area contributed by atoms with Crippen molar-refractivity contribution in [1.82, 2.24) is 14.5 Å². The van der Waals surface area contributed by atoms with Gasteiger partial charge in [-0.2, -0.15) is 0 Å². The van der Waals surface area contributed by atoms with E-state index in [0.717, 1.165) is 0 Å². The summed E-state index contributed by atoms with van der Waals surface area (Å²) >= 11 is 0. The molecule has 1 heterocycles. The fourth-order valence-electron chi connectivity index (χ4n) is 3.79. The van der Waals surface area contributed by atoms with Crippen LogP contribution >= 0.6 is 0 Å². The smallest absolute Gasteiger partial charge is 0.254 e. The quantitative estimate of drug-likeness (QED) is 0.376. The summed E-state index contributed by atoms with van der Waals surface area (Å²) < 4.78 is 39.0. The maximum Gasteiger partial charge on any atom is 0.254 e. The number of aromatic nitrogens is 2. The third kappa shape index (κ3) is 6.93.